The third kappa shape index (κ3) is 2.17. The number of hydrogen-bond acceptors (Lipinski definition) is 4. The summed E-state index contributed by atoms with van der Waals surface area (Å²) < 4.78 is 13.2. The molecule has 0 saturated heterocycles. The second-order valence-electron chi connectivity index (χ2n) is 2.94. The highest BCUT2D eigenvalue weighted by atomic mass is 32.1. The summed E-state index contributed by atoms with van der Waals surface area (Å²) in [6.07, 6.45) is -2.47. The Balaban J connectivity index is 3.05. The minimum atomic E-state index is -1.34. The number of halogens is 1. The van der Waals surface area contributed by atoms with Gasteiger partial charge in [-0.2, -0.15) is 12.6 Å². The summed E-state index contributed by atoms with van der Waals surface area (Å²) in [5, 5.41) is 18.8. The number of nitrogen functional groups attached to an aromatic ring is 1. The molecule has 2 atom stereocenters. The highest BCUT2D eigenvalue weighted by molar-refractivity contribution is 7.80. The van der Waals surface area contributed by atoms with Crippen LogP contribution in [0.25, 0.3) is 0 Å². The fraction of sp³-hybridized carbons (Fsp3) is 0.333. The van der Waals surface area contributed by atoms with Crippen LogP contribution >= 0.6 is 12.6 Å². The third-order valence-corrected chi connectivity index (χ3v) is 2.31. The van der Waals surface area contributed by atoms with Gasteiger partial charge in [0.25, 0.3) is 0 Å². The number of thiol groups is 1. The van der Waals surface area contributed by atoms with Gasteiger partial charge in [-0.1, -0.05) is 6.07 Å². The molecular formula is C9H12FNO2S. The minimum absolute atomic E-state index is 0.0366. The minimum Gasteiger partial charge on any atom is -0.398 e. The number of aliphatic hydroxyl groups is 2. The lowest BCUT2D eigenvalue weighted by atomic mass is 10.0. The fourth-order valence-electron chi connectivity index (χ4n) is 1.16. The van der Waals surface area contributed by atoms with Crippen LogP contribution < -0.4 is 5.73 Å². The molecule has 4 N–H and O–H groups in total. The Labute approximate surface area is 86.8 Å². The maximum Gasteiger partial charge on any atom is 0.131 e. The van der Waals surface area contributed by atoms with Gasteiger partial charge in [0.1, 0.15) is 11.9 Å². The molecule has 0 amide bonds. The van der Waals surface area contributed by atoms with Gasteiger partial charge in [0.2, 0.25) is 0 Å². The monoisotopic (exact) mass is 217 g/mol. The van der Waals surface area contributed by atoms with Crippen LogP contribution in [0.4, 0.5) is 10.1 Å². The van der Waals surface area contributed by atoms with Crippen molar-refractivity contribution < 1.29 is 14.6 Å². The topological polar surface area (TPSA) is 66.5 Å². The Morgan fingerprint density at radius 3 is 2.57 bits per heavy atom. The van der Waals surface area contributed by atoms with Crippen LogP contribution in [0.3, 0.4) is 0 Å². The fourth-order valence-corrected chi connectivity index (χ4v) is 1.36. The van der Waals surface area contributed by atoms with Gasteiger partial charge < -0.3 is 15.9 Å². The lowest BCUT2D eigenvalue weighted by molar-refractivity contribution is 0.0320. The van der Waals surface area contributed by atoms with Crippen molar-refractivity contribution >= 4 is 18.3 Å². The van der Waals surface area contributed by atoms with Crippen molar-refractivity contribution in [3.63, 3.8) is 0 Å². The number of rotatable bonds is 3. The van der Waals surface area contributed by atoms with Crippen LogP contribution in [-0.2, 0) is 0 Å². The average molecular weight is 217 g/mol. The maximum absolute atomic E-state index is 13.2. The normalized spacial score (nSPS) is 15.1. The lowest BCUT2D eigenvalue weighted by Gasteiger charge is -2.18. The van der Waals surface area contributed by atoms with E-state index in [0.29, 0.717) is 0 Å². The van der Waals surface area contributed by atoms with Crippen molar-refractivity contribution in [2.24, 2.45) is 0 Å². The Bertz CT molecular complexity index is 301. The molecule has 0 spiro atoms. The van der Waals surface area contributed by atoms with Crippen molar-refractivity contribution in [1.29, 1.82) is 0 Å². The number of benzene rings is 1. The smallest absolute Gasteiger partial charge is 0.131 e. The summed E-state index contributed by atoms with van der Waals surface area (Å²) in [7, 11) is 0. The van der Waals surface area contributed by atoms with Gasteiger partial charge in [-0.05, 0) is 12.1 Å². The second kappa shape index (κ2) is 4.63. The molecule has 78 valence electrons. The van der Waals surface area contributed by atoms with Crippen molar-refractivity contribution in [1.82, 2.24) is 0 Å². The van der Waals surface area contributed by atoms with Gasteiger partial charge in [-0.25, -0.2) is 4.39 Å². The molecule has 1 aromatic carbocycles. The molecule has 0 aliphatic heterocycles. The SMILES string of the molecule is Nc1cccc(F)c1C(O)C(O)CS. The first-order chi connectivity index (χ1) is 6.57. The molecule has 0 radical (unpaired) electrons. The van der Waals surface area contributed by atoms with E-state index in [2.05, 4.69) is 12.6 Å². The molecule has 1 aromatic rings. The highest BCUT2D eigenvalue weighted by Crippen LogP contribution is 2.26. The van der Waals surface area contributed by atoms with E-state index in [0.717, 1.165) is 0 Å². The first kappa shape index (κ1) is 11.3. The first-order valence-corrected chi connectivity index (χ1v) is 4.72. The van der Waals surface area contributed by atoms with Crippen LogP contribution in [-0.4, -0.2) is 22.1 Å². The van der Waals surface area contributed by atoms with E-state index < -0.39 is 18.0 Å². The summed E-state index contributed by atoms with van der Waals surface area (Å²) in [6, 6.07) is 4.08. The van der Waals surface area contributed by atoms with Crippen molar-refractivity contribution in [2.75, 3.05) is 11.5 Å². The summed E-state index contributed by atoms with van der Waals surface area (Å²) in [5.41, 5.74) is 5.53. The van der Waals surface area contributed by atoms with Gasteiger partial charge >= 0.3 is 0 Å². The zero-order valence-electron chi connectivity index (χ0n) is 7.39. The molecule has 0 aromatic heterocycles. The van der Waals surface area contributed by atoms with E-state index in [9.17, 15) is 14.6 Å². The summed E-state index contributed by atoms with van der Waals surface area (Å²) in [6.45, 7) is 0. The molecule has 1 rings (SSSR count). The van der Waals surface area contributed by atoms with Crippen LogP contribution in [0.1, 0.15) is 11.7 Å². The van der Waals surface area contributed by atoms with E-state index >= 15 is 0 Å². The van der Waals surface area contributed by atoms with Gasteiger partial charge in [0.15, 0.2) is 0 Å². The molecule has 0 saturated carbocycles. The van der Waals surface area contributed by atoms with E-state index in [-0.39, 0.29) is 17.0 Å². The predicted octanol–water partition coefficient (Wildman–Crippen LogP) is 0.732. The van der Waals surface area contributed by atoms with Gasteiger partial charge in [-0.15, -0.1) is 0 Å². The predicted molar refractivity (Wildman–Crippen MR) is 55.6 cm³/mol. The largest absolute Gasteiger partial charge is 0.398 e. The highest BCUT2D eigenvalue weighted by Gasteiger charge is 2.22. The second-order valence-corrected chi connectivity index (χ2v) is 3.30. The molecule has 0 aliphatic rings. The van der Waals surface area contributed by atoms with E-state index in [4.69, 9.17) is 5.73 Å². The van der Waals surface area contributed by atoms with Gasteiger partial charge in [0, 0.05) is 17.0 Å². The zero-order valence-corrected chi connectivity index (χ0v) is 8.29. The number of hydrogen-bond donors (Lipinski definition) is 4. The Hall–Kier alpha value is -0.780. The maximum atomic E-state index is 13.2. The standard InChI is InChI=1S/C9H12FNO2S/c10-5-2-1-3-6(11)8(5)9(13)7(12)4-14/h1-3,7,9,12-14H,4,11H2. The molecule has 0 fully saturated rings. The molecule has 2 unspecified atom stereocenters. The molecule has 5 heteroatoms. The summed E-state index contributed by atoms with van der Waals surface area (Å²) in [5.74, 6) is -0.590. The lowest BCUT2D eigenvalue weighted by Crippen LogP contribution is -2.21. The molecule has 3 nitrogen and oxygen atoms in total. The van der Waals surface area contributed by atoms with Gasteiger partial charge in [0.05, 0.1) is 6.10 Å². The van der Waals surface area contributed by atoms with Crippen LogP contribution in [0.5, 0.6) is 0 Å². The summed E-state index contributed by atoms with van der Waals surface area (Å²) in [4.78, 5) is 0. The molecule has 0 heterocycles. The van der Waals surface area contributed by atoms with Crippen molar-refractivity contribution in [2.45, 2.75) is 12.2 Å². The Morgan fingerprint density at radius 2 is 2.07 bits per heavy atom. The summed E-state index contributed by atoms with van der Waals surface area (Å²) >= 11 is 3.80. The Morgan fingerprint density at radius 1 is 1.43 bits per heavy atom. The van der Waals surface area contributed by atoms with Crippen molar-refractivity contribution in [3.8, 4) is 0 Å². The molecule has 0 aliphatic carbocycles. The van der Waals surface area contributed by atoms with E-state index in [1.807, 2.05) is 0 Å². The van der Waals surface area contributed by atoms with Crippen LogP contribution in [0, 0.1) is 5.82 Å². The molecular weight excluding hydrogens is 205 g/mol. The van der Waals surface area contributed by atoms with Crippen molar-refractivity contribution in [3.05, 3.63) is 29.6 Å². The van der Waals surface area contributed by atoms with E-state index in [1.54, 1.807) is 0 Å². The number of nitrogens with two attached hydrogens (primary N) is 1. The number of anilines is 1. The first-order valence-electron chi connectivity index (χ1n) is 4.08. The van der Waals surface area contributed by atoms with E-state index in [1.165, 1.54) is 18.2 Å². The molecule has 0 bridgehead atoms. The Kier molecular flexibility index (Phi) is 3.74. The number of aliphatic hydroxyl groups excluding tert-OH is 2. The third-order valence-electron chi connectivity index (χ3n) is 1.93. The zero-order chi connectivity index (χ0) is 10.7. The van der Waals surface area contributed by atoms with Crippen LogP contribution in [0.15, 0.2) is 18.2 Å². The molecule has 14 heavy (non-hydrogen) atoms. The van der Waals surface area contributed by atoms with Crippen LogP contribution in [0.2, 0.25) is 0 Å². The quantitative estimate of drug-likeness (QED) is 0.446. The average Bonchev–Trinajstić information content (AvgIpc) is 2.16. The van der Waals surface area contributed by atoms with Gasteiger partial charge in [-0.3, -0.25) is 0 Å².